The molecule has 9 nitrogen and oxygen atoms in total. The number of methoxy groups -OCH3 is 2. The van der Waals surface area contributed by atoms with Crippen molar-refractivity contribution in [2.45, 2.75) is 31.1 Å². The van der Waals surface area contributed by atoms with Crippen LogP contribution in [-0.2, 0) is 9.59 Å². The summed E-state index contributed by atoms with van der Waals surface area (Å²) in [5.74, 6) is -1.11. The Morgan fingerprint density at radius 3 is 2.38 bits per heavy atom. The van der Waals surface area contributed by atoms with Crippen LogP contribution in [0.1, 0.15) is 42.2 Å². The lowest BCUT2D eigenvalue weighted by molar-refractivity contribution is -0.386. The predicted octanol–water partition coefficient (Wildman–Crippen LogP) is 3.32. The van der Waals surface area contributed by atoms with Crippen LogP contribution in [0.2, 0.25) is 0 Å². The summed E-state index contributed by atoms with van der Waals surface area (Å²) in [5.41, 5.74) is 1.80. The zero-order chi connectivity index (χ0) is 23.0. The van der Waals surface area contributed by atoms with Crippen LogP contribution in [-0.4, -0.2) is 35.9 Å². The number of ether oxygens (including phenoxy) is 2. The number of hydrogen-bond acceptors (Lipinski definition) is 7. The number of carbonyl (C=O) groups is 2. The van der Waals surface area contributed by atoms with Crippen LogP contribution in [0.3, 0.4) is 0 Å². The second kappa shape index (κ2) is 8.33. The highest BCUT2D eigenvalue weighted by molar-refractivity contribution is 6.02. The Morgan fingerprint density at radius 2 is 1.75 bits per heavy atom. The van der Waals surface area contributed by atoms with E-state index in [1.807, 2.05) is 24.3 Å². The third-order valence-electron chi connectivity index (χ3n) is 6.02. The molecule has 2 N–H and O–H groups in total. The van der Waals surface area contributed by atoms with Gasteiger partial charge in [-0.2, -0.15) is 0 Å². The quantitative estimate of drug-likeness (QED) is 0.541. The Kier molecular flexibility index (Phi) is 5.56. The number of phenols is 1. The van der Waals surface area contributed by atoms with E-state index in [-0.39, 0.29) is 36.2 Å². The van der Waals surface area contributed by atoms with E-state index in [0.29, 0.717) is 29.0 Å². The van der Waals surface area contributed by atoms with Crippen LogP contribution in [0.5, 0.6) is 17.2 Å². The van der Waals surface area contributed by atoms with Gasteiger partial charge in [-0.05, 0) is 41.7 Å². The molecule has 0 saturated heterocycles. The lowest BCUT2D eigenvalue weighted by Crippen LogP contribution is -2.38. The molecule has 2 aromatic rings. The molecular formula is C23H22N2O7. The monoisotopic (exact) mass is 438 g/mol. The van der Waals surface area contributed by atoms with Crippen molar-refractivity contribution >= 4 is 17.4 Å². The fourth-order valence-corrected chi connectivity index (χ4v) is 4.47. The van der Waals surface area contributed by atoms with Crippen LogP contribution in [0.4, 0.5) is 5.69 Å². The number of nitro groups is 1. The molecule has 32 heavy (non-hydrogen) atoms. The third-order valence-corrected chi connectivity index (χ3v) is 6.02. The molecule has 1 aliphatic heterocycles. The highest BCUT2D eigenvalue weighted by atomic mass is 16.6. The minimum Gasteiger partial charge on any atom is -0.500 e. The van der Waals surface area contributed by atoms with Crippen molar-refractivity contribution in [1.29, 1.82) is 0 Å². The van der Waals surface area contributed by atoms with Gasteiger partial charge in [0.25, 0.3) is 0 Å². The van der Waals surface area contributed by atoms with Gasteiger partial charge in [0, 0.05) is 36.1 Å². The Balaban J connectivity index is 1.74. The molecule has 0 bridgehead atoms. The topological polar surface area (TPSA) is 128 Å². The first-order valence-corrected chi connectivity index (χ1v) is 10.1. The van der Waals surface area contributed by atoms with Crippen molar-refractivity contribution in [2.24, 2.45) is 0 Å². The molecule has 9 heteroatoms. The van der Waals surface area contributed by atoms with Gasteiger partial charge in [0.2, 0.25) is 11.7 Å². The largest absolute Gasteiger partial charge is 0.500 e. The van der Waals surface area contributed by atoms with Gasteiger partial charge < -0.3 is 19.9 Å². The number of nitrogens with one attached hydrogen (secondary N) is 1. The molecule has 0 aromatic heterocycles. The van der Waals surface area contributed by atoms with E-state index in [4.69, 9.17) is 9.47 Å². The number of ketones is 1. The Bertz CT molecular complexity index is 1140. The van der Waals surface area contributed by atoms with Gasteiger partial charge in [0.05, 0.1) is 19.1 Å². The molecule has 1 amide bonds. The number of phenolic OH excluding ortho intramolecular Hbond substituents is 1. The summed E-state index contributed by atoms with van der Waals surface area (Å²) in [6, 6.07) is 10.1. The first kappa shape index (κ1) is 21.4. The van der Waals surface area contributed by atoms with E-state index >= 15 is 0 Å². The summed E-state index contributed by atoms with van der Waals surface area (Å²) < 4.78 is 10.3. The number of hydrogen-bond donors (Lipinski definition) is 2. The zero-order valence-electron chi connectivity index (χ0n) is 17.6. The summed E-state index contributed by atoms with van der Waals surface area (Å²) in [4.78, 5) is 36.4. The molecule has 2 aliphatic rings. The second-order valence-electron chi connectivity index (χ2n) is 7.85. The molecule has 4 rings (SSSR count). The van der Waals surface area contributed by atoms with Gasteiger partial charge in [-0.1, -0.05) is 12.1 Å². The lowest BCUT2D eigenvalue weighted by Gasteiger charge is -2.34. The highest BCUT2D eigenvalue weighted by Gasteiger charge is 2.39. The fourth-order valence-electron chi connectivity index (χ4n) is 4.47. The average Bonchev–Trinajstić information content (AvgIpc) is 2.78. The molecule has 2 atom stereocenters. The molecule has 0 unspecified atom stereocenters. The third kappa shape index (κ3) is 3.77. The first-order chi connectivity index (χ1) is 15.3. The number of Topliss-reactive ketones (excluding diaryl/α,β-unsaturated/α-hetero) is 1. The number of rotatable bonds is 5. The van der Waals surface area contributed by atoms with E-state index in [1.165, 1.54) is 19.2 Å². The second-order valence-corrected chi connectivity index (χ2v) is 7.85. The molecule has 0 saturated carbocycles. The van der Waals surface area contributed by atoms with Gasteiger partial charge in [0.1, 0.15) is 5.75 Å². The van der Waals surface area contributed by atoms with Crippen LogP contribution in [0, 0.1) is 10.1 Å². The summed E-state index contributed by atoms with van der Waals surface area (Å²) in [5, 5.41) is 24.3. The fraction of sp³-hybridized carbons (Fsp3) is 0.304. The molecule has 1 aliphatic carbocycles. The molecular weight excluding hydrogens is 416 g/mol. The van der Waals surface area contributed by atoms with Crippen molar-refractivity contribution in [3.63, 3.8) is 0 Å². The molecule has 1 heterocycles. The number of nitro benzene ring substituents is 1. The molecule has 166 valence electrons. The van der Waals surface area contributed by atoms with Crippen LogP contribution >= 0.6 is 0 Å². The van der Waals surface area contributed by atoms with E-state index in [1.54, 1.807) is 7.11 Å². The molecule has 0 fully saturated rings. The Labute approximate surface area is 183 Å². The van der Waals surface area contributed by atoms with E-state index in [0.717, 1.165) is 5.56 Å². The average molecular weight is 438 g/mol. The van der Waals surface area contributed by atoms with E-state index in [2.05, 4.69) is 5.32 Å². The number of benzene rings is 2. The van der Waals surface area contributed by atoms with E-state index < -0.39 is 22.3 Å². The van der Waals surface area contributed by atoms with E-state index in [9.17, 15) is 24.8 Å². The van der Waals surface area contributed by atoms with Crippen molar-refractivity contribution < 1.29 is 29.1 Å². The lowest BCUT2D eigenvalue weighted by atomic mass is 9.73. The van der Waals surface area contributed by atoms with Gasteiger partial charge in [-0.25, -0.2) is 0 Å². The normalized spacial score (nSPS) is 20.4. The van der Waals surface area contributed by atoms with Gasteiger partial charge >= 0.3 is 5.69 Å². The van der Waals surface area contributed by atoms with Crippen molar-refractivity contribution in [3.8, 4) is 17.2 Å². The van der Waals surface area contributed by atoms with Crippen LogP contribution < -0.4 is 14.8 Å². The number of aromatic hydroxyl groups is 1. The number of allylic oxidation sites excluding steroid dienone is 2. The highest BCUT2D eigenvalue weighted by Crippen LogP contribution is 2.46. The van der Waals surface area contributed by atoms with Gasteiger partial charge in [-0.3, -0.25) is 19.7 Å². The van der Waals surface area contributed by atoms with Crippen molar-refractivity contribution in [3.05, 3.63) is 68.9 Å². The van der Waals surface area contributed by atoms with Crippen molar-refractivity contribution in [2.75, 3.05) is 14.2 Å². The number of nitrogens with zero attached hydrogens (tertiary/aromatic N) is 1. The maximum Gasteiger partial charge on any atom is 0.314 e. The van der Waals surface area contributed by atoms with Gasteiger partial charge in [0.15, 0.2) is 11.5 Å². The molecule has 2 aromatic carbocycles. The Morgan fingerprint density at radius 1 is 1.03 bits per heavy atom. The summed E-state index contributed by atoms with van der Waals surface area (Å²) in [6.45, 7) is 0. The first-order valence-electron chi connectivity index (χ1n) is 10.1. The smallest absolute Gasteiger partial charge is 0.314 e. The minimum atomic E-state index is -0.720. The predicted molar refractivity (Wildman–Crippen MR) is 114 cm³/mol. The van der Waals surface area contributed by atoms with Crippen LogP contribution in [0.15, 0.2) is 47.7 Å². The summed E-state index contributed by atoms with van der Waals surface area (Å²) in [7, 11) is 2.86. The maximum atomic E-state index is 13.2. The standard InChI is InChI=1S/C23H22N2O7/c1-31-15-5-3-12(4-6-15)13-7-17-22(19(26)9-13)16(11-21(27)24-17)14-8-18(25(29)30)23(28)20(10-14)32-2/h3-6,8,10,13,16,28H,7,9,11H2,1-2H3,(H,24,27)/t13-,16-/m0/s1. The maximum absolute atomic E-state index is 13.2. The summed E-state index contributed by atoms with van der Waals surface area (Å²) in [6.07, 6.45) is 0.699. The minimum absolute atomic E-state index is 0.0249. The Hall–Kier alpha value is -3.88. The van der Waals surface area contributed by atoms with Crippen molar-refractivity contribution in [1.82, 2.24) is 5.32 Å². The molecule has 0 spiro atoms. The number of carbonyl (C=O) groups excluding carboxylic acids is 2. The molecule has 0 radical (unpaired) electrons. The van der Waals surface area contributed by atoms with Crippen LogP contribution in [0.25, 0.3) is 0 Å². The summed E-state index contributed by atoms with van der Waals surface area (Å²) >= 11 is 0. The zero-order valence-corrected chi connectivity index (χ0v) is 17.6. The van der Waals surface area contributed by atoms with Gasteiger partial charge in [-0.15, -0.1) is 0 Å². The number of amides is 1. The SMILES string of the molecule is COc1ccc([C@@H]2CC(=O)C3=C(C2)NC(=O)C[C@H]3c2cc(OC)c(O)c([N+](=O)[O-])c2)cc1.